The third-order valence-corrected chi connectivity index (χ3v) is 4.01. The summed E-state index contributed by atoms with van der Waals surface area (Å²) in [4.78, 5) is 10.8. The Morgan fingerprint density at radius 3 is 2.22 bits per heavy atom. The summed E-state index contributed by atoms with van der Waals surface area (Å²) in [6, 6.07) is 5.06. The molecule has 0 spiro atoms. The van der Waals surface area contributed by atoms with Crippen LogP contribution in [0.25, 0.3) is 0 Å². The van der Waals surface area contributed by atoms with E-state index in [-0.39, 0.29) is 0 Å². The first kappa shape index (κ1) is 13.6. The lowest BCUT2D eigenvalue weighted by atomic mass is 9.78. The molecule has 1 fully saturated rings. The second-order valence-corrected chi connectivity index (χ2v) is 5.89. The molecule has 0 unspecified atom stereocenters. The van der Waals surface area contributed by atoms with Gasteiger partial charge < -0.3 is 9.31 Å². The van der Waals surface area contributed by atoms with Crippen LogP contribution in [0.15, 0.2) is 18.2 Å². The van der Waals surface area contributed by atoms with E-state index in [1.54, 1.807) is 18.2 Å². The van der Waals surface area contributed by atoms with E-state index in [0.717, 1.165) is 6.29 Å². The fourth-order valence-electron chi connectivity index (χ4n) is 1.79. The van der Waals surface area contributed by atoms with Crippen LogP contribution in [0.5, 0.6) is 0 Å². The van der Waals surface area contributed by atoms with Crippen molar-refractivity contribution < 1.29 is 14.1 Å². The van der Waals surface area contributed by atoms with Gasteiger partial charge in [0, 0.05) is 16.0 Å². The second kappa shape index (κ2) is 4.37. The highest BCUT2D eigenvalue weighted by Gasteiger charge is 2.52. The van der Waals surface area contributed by atoms with E-state index in [1.807, 2.05) is 27.7 Å². The van der Waals surface area contributed by atoms with E-state index in [0.29, 0.717) is 16.0 Å². The molecule has 5 heteroatoms. The highest BCUT2D eigenvalue weighted by Crippen LogP contribution is 2.36. The zero-order valence-electron chi connectivity index (χ0n) is 11.0. The maximum atomic E-state index is 10.8. The summed E-state index contributed by atoms with van der Waals surface area (Å²) in [6.07, 6.45) is 0.783. The van der Waals surface area contributed by atoms with Gasteiger partial charge in [-0.25, -0.2) is 0 Å². The molecule has 0 amide bonds. The summed E-state index contributed by atoms with van der Waals surface area (Å²) in [6.45, 7) is 7.91. The molecule has 1 aromatic carbocycles. The fraction of sp³-hybridized carbons (Fsp3) is 0.462. The molecule has 1 aromatic rings. The van der Waals surface area contributed by atoms with Gasteiger partial charge in [0.25, 0.3) is 0 Å². The van der Waals surface area contributed by atoms with Crippen molar-refractivity contribution in [3.8, 4) is 0 Å². The summed E-state index contributed by atoms with van der Waals surface area (Å²) in [5.41, 5.74) is 0.417. The van der Waals surface area contributed by atoms with Crippen LogP contribution in [0.2, 0.25) is 5.02 Å². The molecule has 1 heterocycles. The molecule has 0 radical (unpaired) electrons. The molecule has 2 rings (SSSR count). The topological polar surface area (TPSA) is 35.5 Å². The van der Waals surface area contributed by atoms with Crippen LogP contribution in [0, 0.1) is 0 Å². The summed E-state index contributed by atoms with van der Waals surface area (Å²) in [7, 11) is -0.539. The SMILES string of the molecule is CC1(C)OB(c2cc(C=O)ccc2Cl)OC1(C)C. The van der Waals surface area contributed by atoms with Crippen molar-refractivity contribution in [1.82, 2.24) is 0 Å². The van der Waals surface area contributed by atoms with Crippen molar-refractivity contribution in [1.29, 1.82) is 0 Å². The van der Waals surface area contributed by atoms with Gasteiger partial charge in [0.2, 0.25) is 0 Å². The lowest BCUT2D eigenvalue weighted by Crippen LogP contribution is -2.41. The molecule has 96 valence electrons. The molecule has 1 aliphatic rings. The van der Waals surface area contributed by atoms with Gasteiger partial charge >= 0.3 is 7.12 Å². The number of carbonyl (C=O) groups excluding carboxylic acids is 1. The predicted molar refractivity (Wildman–Crippen MR) is 72.6 cm³/mol. The van der Waals surface area contributed by atoms with E-state index in [4.69, 9.17) is 20.9 Å². The Labute approximate surface area is 113 Å². The van der Waals surface area contributed by atoms with E-state index in [9.17, 15) is 4.79 Å². The molecule has 1 saturated heterocycles. The largest absolute Gasteiger partial charge is 0.496 e. The lowest BCUT2D eigenvalue weighted by Gasteiger charge is -2.32. The smallest absolute Gasteiger partial charge is 0.399 e. The molecule has 0 bridgehead atoms. The van der Waals surface area contributed by atoms with Gasteiger partial charge in [0.15, 0.2) is 0 Å². The molecule has 18 heavy (non-hydrogen) atoms. The minimum absolute atomic E-state index is 0.418. The molecule has 0 N–H and O–H groups in total. The molecular formula is C13H16BClO3. The van der Waals surface area contributed by atoms with E-state index in [2.05, 4.69) is 0 Å². The second-order valence-electron chi connectivity index (χ2n) is 5.49. The summed E-state index contributed by atoms with van der Waals surface area (Å²) < 4.78 is 11.8. The first-order valence-corrected chi connectivity index (χ1v) is 6.25. The van der Waals surface area contributed by atoms with Gasteiger partial charge in [-0.3, -0.25) is 4.79 Å². The number of hydrogen-bond donors (Lipinski definition) is 0. The van der Waals surface area contributed by atoms with Crippen LogP contribution in [-0.2, 0) is 9.31 Å². The Kier molecular flexibility index (Phi) is 3.30. The molecular weight excluding hydrogens is 250 g/mol. The lowest BCUT2D eigenvalue weighted by molar-refractivity contribution is 0.00578. The van der Waals surface area contributed by atoms with Crippen LogP contribution in [0.3, 0.4) is 0 Å². The first-order chi connectivity index (χ1) is 8.27. The van der Waals surface area contributed by atoms with Crippen LogP contribution in [-0.4, -0.2) is 24.6 Å². The maximum absolute atomic E-state index is 10.8. The van der Waals surface area contributed by atoms with Crippen molar-refractivity contribution >= 4 is 30.5 Å². The Morgan fingerprint density at radius 1 is 1.17 bits per heavy atom. The quantitative estimate of drug-likeness (QED) is 0.609. The van der Waals surface area contributed by atoms with Crippen LogP contribution in [0.1, 0.15) is 38.1 Å². The van der Waals surface area contributed by atoms with Crippen molar-refractivity contribution in [2.45, 2.75) is 38.9 Å². The number of aldehydes is 1. The van der Waals surface area contributed by atoms with E-state index < -0.39 is 18.3 Å². The standard InChI is InChI=1S/C13H16BClO3/c1-12(2)13(3,4)18-14(17-12)10-7-9(8-16)5-6-11(10)15/h5-8H,1-4H3. The van der Waals surface area contributed by atoms with Gasteiger partial charge in [0.1, 0.15) is 6.29 Å². The van der Waals surface area contributed by atoms with Crippen LogP contribution >= 0.6 is 11.6 Å². The van der Waals surface area contributed by atoms with Gasteiger partial charge in [-0.15, -0.1) is 0 Å². The Balaban J connectivity index is 2.37. The Morgan fingerprint density at radius 2 is 1.72 bits per heavy atom. The third kappa shape index (κ3) is 2.20. The minimum atomic E-state index is -0.539. The van der Waals surface area contributed by atoms with Crippen molar-refractivity contribution in [3.63, 3.8) is 0 Å². The number of halogens is 1. The highest BCUT2D eigenvalue weighted by molar-refractivity contribution is 6.65. The number of rotatable bonds is 2. The molecule has 0 atom stereocenters. The molecule has 0 aliphatic carbocycles. The van der Waals surface area contributed by atoms with Gasteiger partial charge in [-0.2, -0.15) is 0 Å². The van der Waals surface area contributed by atoms with Gasteiger partial charge in [-0.05, 0) is 33.8 Å². The fourth-order valence-corrected chi connectivity index (χ4v) is 1.99. The molecule has 3 nitrogen and oxygen atoms in total. The minimum Gasteiger partial charge on any atom is -0.399 e. The zero-order valence-corrected chi connectivity index (χ0v) is 11.7. The van der Waals surface area contributed by atoms with Crippen molar-refractivity contribution in [3.05, 3.63) is 28.8 Å². The normalized spacial score (nSPS) is 21.1. The zero-order chi connectivity index (χ0) is 13.6. The first-order valence-electron chi connectivity index (χ1n) is 5.87. The monoisotopic (exact) mass is 266 g/mol. The van der Waals surface area contributed by atoms with Crippen molar-refractivity contribution in [2.24, 2.45) is 0 Å². The van der Waals surface area contributed by atoms with E-state index in [1.165, 1.54) is 0 Å². The van der Waals surface area contributed by atoms with Crippen LogP contribution in [0.4, 0.5) is 0 Å². The maximum Gasteiger partial charge on any atom is 0.496 e. The average molecular weight is 267 g/mol. The van der Waals surface area contributed by atoms with Gasteiger partial charge in [-0.1, -0.05) is 23.7 Å². The summed E-state index contributed by atoms with van der Waals surface area (Å²) in [5, 5.41) is 0.541. The number of carbonyl (C=O) groups is 1. The molecule has 0 saturated carbocycles. The average Bonchev–Trinajstić information content (AvgIpc) is 2.48. The highest BCUT2D eigenvalue weighted by atomic mass is 35.5. The van der Waals surface area contributed by atoms with Crippen molar-refractivity contribution in [2.75, 3.05) is 0 Å². The Bertz CT molecular complexity index is 469. The predicted octanol–water partition coefficient (Wildman–Crippen LogP) is 2.45. The summed E-state index contributed by atoms with van der Waals surface area (Å²) in [5.74, 6) is 0. The third-order valence-electron chi connectivity index (χ3n) is 3.66. The van der Waals surface area contributed by atoms with Gasteiger partial charge in [0.05, 0.1) is 11.2 Å². The molecule has 0 aromatic heterocycles. The number of benzene rings is 1. The Hall–Kier alpha value is -0.835. The molecule has 1 aliphatic heterocycles. The van der Waals surface area contributed by atoms with E-state index >= 15 is 0 Å². The van der Waals surface area contributed by atoms with Crippen LogP contribution < -0.4 is 5.46 Å². The summed E-state index contributed by atoms with van der Waals surface area (Å²) >= 11 is 6.14. The number of hydrogen-bond acceptors (Lipinski definition) is 3.